The molecule has 0 unspecified atom stereocenters. The van der Waals surface area contributed by atoms with Gasteiger partial charge in [-0.15, -0.1) is 0 Å². The van der Waals surface area contributed by atoms with E-state index in [9.17, 15) is 52.7 Å². The number of alkyl halides is 12. The molecule has 0 atom stereocenters. The highest BCUT2D eigenvalue weighted by Gasteiger charge is 2.71. The van der Waals surface area contributed by atoms with Crippen LogP contribution in [-0.4, -0.2) is 40.5 Å². The monoisotopic (exact) mass is 426 g/mol. The maximum absolute atomic E-state index is 12.3. The minimum Gasteiger partial charge on any atom is -0.374 e. The summed E-state index contributed by atoms with van der Waals surface area (Å²) in [5, 5.41) is 16.8. The third-order valence-electron chi connectivity index (χ3n) is 3.12. The molecular weight excluding hydrogens is 416 g/mol. The van der Waals surface area contributed by atoms with Crippen LogP contribution in [-0.2, 0) is 5.60 Å². The maximum Gasteiger partial charge on any atom is 0.430 e. The van der Waals surface area contributed by atoms with Crippen LogP contribution >= 0.6 is 0 Å². The van der Waals surface area contributed by atoms with Crippen LogP contribution in [0.15, 0.2) is 30.3 Å². The Morgan fingerprint density at radius 2 is 0.852 bits per heavy atom. The molecule has 1 aromatic rings. The normalized spacial score (nSPS) is 14.5. The van der Waals surface area contributed by atoms with Gasteiger partial charge in [-0.3, -0.25) is 0 Å². The maximum atomic E-state index is 12.3. The summed E-state index contributed by atoms with van der Waals surface area (Å²) in [6, 6.07) is 4.36. The number of hydrogen-bond acceptors (Lipinski definition) is 2. The van der Waals surface area contributed by atoms with Crippen molar-refractivity contribution >= 4 is 0 Å². The van der Waals surface area contributed by atoms with Crippen molar-refractivity contribution in [1.29, 1.82) is 0 Å². The van der Waals surface area contributed by atoms with E-state index in [0.29, 0.717) is 12.1 Å². The zero-order valence-corrected chi connectivity index (χ0v) is 12.8. The van der Waals surface area contributed by atoms with Crippen LogP contribution in [0.3, 0.4) is 0 Å². The number of benzene rings is 1. The number of halogens is 12. The molecular formula is C13H10F12O2. The van der Waals surface area contributed by atoms with Gasteiger partial charge in [0.05, 0.1) is 0 Å². The Hall–Kier alpha value is -1.70. The number of aliphatic hydroxyl groups is 2. The molecule has 0 saturated heterocycles. The van der Waals surface area contributed by atoms with Crippen molar-refractivity contribution in [3.8, 4) is 0 Å². The predicted octanol–water partition coefficient (Wildman–Crippen LogP) is 4.86. The molecule has 0 heterocycles. The second kappa shape index (κ2) is 7.37. The molecule has 0 radical (unpaired) electrons. The average Bonchev–Trinajstić information content (AvgIpc) is 2.43. The summed E-state index contributed by atoms with van der Waals surface area (Å²) in [5.74, 6) is 0. The highest BCUT2D eigenvalue weighted by atomic mass is 19.4. The minimum absolute atomic E-state index is 0.340. The third-order valence-corrected chi connectivity index (χ3v) is 3.12. The molecule has 2 nitrogen and oxygen atoms in total. The summed E-state index contributed by atoms with van der Waals surface area (Å²) in [5.41, 5.74) is -10.7. The first-order valence-electron chi connectivity index (χ1n) is 6.38. The molecule has 2 N–H and O–H groups in total. The van der Waals surface area contributed by atoms with Gasteiger partial charge in [0.2, 0.25) is 0 Å². The zero-order chi connectivity index (χ0) is 22.1. The van der Waals surface area contributed by atoms with Crippen molar-refractivity contribution in [3.63, 3.8) is 0 Å². The van der Waals surface area contributed by atoms with Crippen LogP contribution in [0.4, 0.5) is 52.7 Å². The first kappa shape index (κ1) is 25.3. The van der Waals surface area contributed by atoms with Crippen molar-refractivity contribution in [2.45, 2.75) is 42.8 Å². The summed E-state index contributed by atoms with van der Waals surface area (Å²) in [7, 11) is 0. The van der Waals surface area contributed by atoms with Gasteiger partial charge in [-0.25, -0.2) is 0 Å². The standard InChI is InChI=1S/C9H6F6O.C4H4F6O/c10-8(11,12)7(16,9(13,14)15)6-4-2-1-3-5-6;1-2(11,3(5,6)7)4(8,9)10/h1-5,16H;11H,1H3. The molecule has 0 bridgehead atoms. The van der Waals surface area contributed by atoms with Gasteiger partial charge >= 0.3 is 24.7 Å². The van der Waals surface area contributed by atoms with Crippen molar-refractivity contribution in [2.24, 2.45) is 0 Å². The van der Waals surface area contributed by atoms with Gasteiger partial charge < -0.3 is 10.2 Å². The quantitative estimate of drug-likeness (QED) is 0.630. The molecule has 1 rings (SSSR count). The molecule has 0 amide bonds. The van der Waals surface area contributed by atoms with Crippen LogP contribution < -0.4 is 0 Å². The van der Waals surface area contributed by atoms with Gasteiger partial charge in [0.1, 0.15) is 0 Å². The lowest BCUT2D eigenvalue weighted by atomic mass is 9.92. The smallest absolute Gasteiger partial charge is 0.374 e. The van der Waals surface area contributed by atoms with E-state index in [1.54, 1.807) is 0 Å². The molecule has 14 heteroatoms. The van der Waals surface area contributed by atoms with E-state index in [4.69, 9.17) is 10.2 Å². The Morgan fingerprint density at radius 3 is 1.04 bits per heavy atom. The highest BCUT2D eigenvalue weighted by molar-refractivity contribution is 5.26. The SMILES string of the molecule is CC(O)(C(F)(F)F)C(F)(F)F.OC(c1ccccc1)(C(F)(F)F)C(F)(F)F. The van der Waals surface area contributed by atoms with Gasteiger partial charge in [0.15, 0.2) is 0 Å². The first-order chi connectivity index (χ1) is 11.6. The minimum atomic E-state index is -5.83. The second-order valence-corrected chi connectivity index (χ2v) is 5.14. The topological polar surface area (TPSA) is 40.5 Å². The van der Waals surface area contributed by atoms with Crippen molar-refractivity contribution in [1.82, 2.24) is 0 Å². The Kier molecular flexibility index (Phi) is 6.91. The summed E-state index contributed by atoms with van der Waals surface area (Å²) >= 11 is 0. The molecule has 0 fully saturated rings. The van der Waals surface area contributed by atoms with E-state index in [-0.39, 0.29) is 6.92 Å². The van der Waals surface area contributed by atoms with Crippen LogP contribution in [0.5, 0.6) is 0 Å². The Morgan fingerprint density at radius 1 is 0.556 bits per heavy atom. The van der Waals surface area contributed by atoms with Crippen molar-refractivity contribution in [3.05, 3.63) is 35.9 Å². The van der Waals surface area contributed by atoms with Crippen LogP contribution in [0.2, 0.25) is 0 Å². The molecule has 1 aromatic carbocycles. The first-order valence-corrected chi connectivity index (χ1v) is 6.38. The largest absolute Gasteiger partial charge is 0.430 e. The molecule has 0 aliphatic carbocycles. The Labute approximate surface area is 143 Å². The molecule has 0 aliphatic heterocycles. The van der Waals surface area contributed by atoms with E-state index in [0.717, 1.165) is 12.1 Å². The summed E-state index contributed by atoms with van der Waals surface area (Å²) in [4.78, 5) is 0. The summed E-state index contributed by atoms with van der Waals surface area (Å²) in [6.45, 7) is -0.340. The van der Waals surface area contributed by atoms with Gasteiger partial charge in [-0.2, -0.15) is 52.7 Å². The van der Waals surface area contributed by atoms with E-state index in [2.05, 4.69) is 0 Å². The third kappa shape index (κ3) is 5.18. The van der Waals surface area contributed by atoms with Crippen LogP contribution in [0.25, 0.3) is 0 Å². The van der Waals surface area contributed by atoms with Crippen molar-refractivity contribution < 1.29 is 62.9 Å². The predicted molar refractivity (Wildman–Crippen MR) is 65.2 cm³/mol. The Bertz CT molecular complexity index is 565. The number of rotatable bonds is 1. The molecule has 158 valence electrons. The van der Waals surface area contributed by atoms with E-state index < -0.39 is 41.5 Å². The lowest BCUT2D eigenvalue weighted by Crippen LogP contribution is -2.54. The van der Waals surface area contributed by atoms with Crippen molar-refractivity contribution in [2.75, 3.05) is 0 Å². The van der Waals surface area contributed by atoms with Gasteiger partial charge in [0.25, 0.3) is 11.2 Å². The summed E-state index contributed by atoms with van der Waals surface area (Å²) < 4.78 is 142. The lowest BCUT2D eigenvalue weighted by molar-refractivity contribution is -0.376. The van der Waals surface area contributed by atoms with Crippen LogP contribution in [0, 0.1) is 0 Å². The van der Waals surface area contributed by atoms with Crippen LogP contribution in [0.1, 0.15) is 12.5 Å². The fraction of sp³-hybridized carbons (Fsp3) is 0.538. The van der Waals surface area contributed by atoms with E-state index in [1.165, 1.54) is 6.07 Å². The van der Waals surface area contributed by atoms with Gasteiger partial charge in [-0.05, 0) is 6.92 Å². The Balaban J connectivity index is 0.000000541. The lowest BCUT2D eigenvalue weighted by Gasteiger charge is -2.32. The molecule has 27 heavy (non-hydrogen) atoms. The molecule has 0 spiro atoms. The second-order valence-electron chi connectivity index (χ2n) is 5.14. The van der Waals surface area contributed by atoms with E-state index in [1.807, 2.05) is 0 Å². The fourth-order valence-corrected chi connectivity index (χ4v) is 1.33. The summed E-state index contributed by atoms with van der Waals surface area (Å²) in [6.07, 6.45) is -23.0. The van der Waals surface area contributed by atoms with Gasteiger partial charge in [0, 0.05) is 5.56 Å². The zero-order valence-electron chi connectivity index (χ0n) is 12.8. The van der Waals surface area contributed by atoms with Gasteiger partial charge in [-0.1, -0.05) is 30.3 Å². The number of hydrogen-bond donors (Lipinski definition) is 2. The fourth-order valence-electron chi connectivity index (χ4n) is 1.33. The molecule has 0 saturated carbocycles. The molecule has 0 aromatic heterocycles. The van der Waals surface area contributed by atoms with E-state index >= 15 is 0 Å². The molecule has 0 aliphatic rings. The highest BCUT2D eigenvalue weighted by Crippen LogP contribution is 2.49. The average molecular weight is 426 g/mol.